The van der Waals surface area contributed by atoms with Gasteiger partial charge in [-0.2, -0.15) is 0 Å². The first-order valence-corrected chi connectivity index (χ1v) is 11.7. The lowest BCUT2D eigenvalue weighted by atomic mass is 9.98. The zero-order chi connectivity index (χ0) is 22.5. The molecule has 0 saturated carbocycles. The Morgan fingerprint density at radius 3 is 2.30 bits per heavy atom. The zero-order valence-corrected chi connectivity index (χ0v) is 19.0. The summed E-state index contributed by atoms with van der Waals surface area (Å²) in [4.78, 5) is 0. The maximum Gasteiger partial charge on any atom is 0.205 e. The molecule has 0 aliphatic carbocycles. The van der Waals surface area contributed by atoms with Crippen molar-refractivity contribution in [2.24, 2.45) is 0 Å². The van der Waals surface area contributed by atoms with Crippen LogP contribution in [0.2, 0.25) is 0 Å². The van der Waals surface area contributed by atoms with Gasteiger partial charge in [-0.05, 0) is 39.1 Å². The van der Waals surface area contributed by atoms with Crippen LogP contribution in [0.4, 0.5) is 5.13 Å². The summed E-state index contributed by atoms with van der Waals surface area (Å²) >= 11 is 1.60. The molecule has 0 aliphatic rings. The van der Waals surface area contributed by atoms with Gasteiger partial charge in [0, 0.05) is 12.1 Å². The van der Waals surface area contributed by atoms with Crippen LogP contribution in [0.25, 0.3) is 22.5 Å². The van der Waals surface area contributed by atoms with Crippen LogP contribution >= 0.6 is 11.3 Å². The van der Waals surface area contributed by atoms with Crippen molar-refractivity contribution in [3.63, 3.8) is 0 Å². The maximum atomic E-state index is 4.34. The number of anilines is 1. The largest absolute Gasteiger partial charge is 0.356 e. The average Bonchev–Trinajstić information content (AvgIpc) is 3.53. The summed E-state index contributed by atoms with van der Waals surface area (Å²) in [6.45, 7) is 3.41. The third-order valence-electron chi connectivity index (χ3n) is 5.35. The number of aryl methyl sites for hydroxylation is 1. The normalized spacial score (nSPS) is 10.9. The zero-order valence-electron chi connectivity index (χ0n) is 18.2. The summed E-state index contributed by atoms with van der Waals surface area (Å²) in [6.07, 6.45) is 0.905. The summed E-state index contributed by atoms with van der Waals surface area (Å²) in [5.74, 6) is 0.753. The van der Waals surface area contributed by atoms with Crippen LogP contribution in [0.15, 0.2) is 78.9 Å². The van der Waals surface area contributed by atoms with E-state index >= 15 is 0 Å². The van der Waals surface area contributed by atoms with Gasteiger partial charge in [0.1, 0.15) is 5.01 Å². The first-order valence-electron chi connectivity index (χ1n) is 10.8. The highest BCUT2D eigenvalue weighted by molar-refractivity contribution is 7.15. The lowest BCUT2D eigenvalue weighted by Gasteiger charge is -2.11. The molecule has 33 heavy (non-hydrogen) atoms. The minimum Gasteiger partial charge on any atom is -0.356 e. The SMILES string of the molecule is CCc1nnc(NCc2ccc(-c3ccccc3-c3nnnn3Cc3ccccc3)cc2)s1. The molecule has 2 aromatic heterocycles. The number of tetrazole rings is 1. The minimum absolute atomic E-state index is 0.619. The smallest absolute Gasteiger partial charge is 0.205 e. The molecule has 0 amide bonds. The van der Waals surface area contributed by atoms with Crippen molar-refractivity contribution in [1.29, 1.82) is 0 Å². The van der Waals surface area contributed by atoms with E-state index in [0.717, 1.165) is 44.6 Å². The van der Waals surface area contributed by atoms with Gasteiger partial charge in [0.2, 0.25) is 5.13 Å². The molecule has 0 saturated heterocycles. The van der Waals surface area contributed by atoms with E-state index in [1.54, 1.807) is 11.3 Å². The Bertz CT molecular complexity index is 1330. The van der Waals surface area contributed by atoms with E-state index < -0.39 is 0 Å². The van der Waals surface area contributed by atoms with Gasteiger partial charge in [0.15, 0.2) is 5.82 Å². The number of aromatic nitrogens is 6. The van der Waals surface area contributed by atoms with Gasteiger partial charge >= 0.3 is 0 Å². The van der Waals surface area contributed by atoms with Crippen LogP contribution in [-0.2, 0) is 19.5 Å². The summed E-state index contributed by atoms with van der Waals surface area (Å²) in [7, 11) is 0. The van der Waals surface area contributed by atoms with Crippen LogP contribution in [0.5, 0.6) is 0 Å². The molecule has 0 bridgehead atoms. The van der Waals surface area contributed by atoms with Crippen molar-refractivity contribution in [3.8, 4) is 22.5 Å². The maximum absolute atomic E-state index is 4.34. The first kappa shape index (κ1) is 21.0. The fourth-order valence-corrected chi connectivity index (χ4v) is 4.31. The molecule has 3 aromatic carbocycles. The molecule has 5 rings (SSSR count). The lowest BCUT2D eigenvalue weighted by Crippen LogP contribution is -2.05. The highest BCUT2D eigenvalue weighted by atomic mass is 32.1. The van der Waals surface area contributed by atoms with Crippen LogP contribution < -0.4 is 5.32 Å². The second kappa shape index (κ2) is 9.70. The molecule has 7 nitrogen and oxygen atoms in total. The molecule has 0 unspecified atom stereocenters. The van der Waals surface area contributed by atoms with Crippen molar-refractivity contribution in [2.45, 2.75) is 26.4 Å². The van der Waals surface area contributed by atoms with Crippen molar-refractivity contribution >= 4 is 16.5 Å². The summed E-state index contributed by atoms with van der Waals surface area (Å²) in [5, 5.41) is 26.1. The summed E-state index contributed by atoms with van der Waals surface area (Å²) in [6, 6.07) is 27.0. The van der Waals surface area contributed by atoms with E-state index in [0.29, 0.717) is 13.1 Å². The number of nitrogens with one attached hydrogen (secondary N) is 1. The predicted molar refractivity (Wildman–Crippen MR) is 131 cm³/mol. The second-order valence-electron chi connectivity index (χ2n) is 7.60. The standard InChI is InChI=1S/C25H23N7S/c1-2-23-27-29-25(33-23)26-16-18-12-14-20(15-13-18)21-10-6-7-11-22(21)24-28-30-31-32(24)17-19-8-4-3-5-9-19/h3-15H,2,16-17H2,1H3,(H,26,29). The van der Waals surface area contributed by atoms with Gasteiger partial charge in [0.25, 0.3) is 0 Å². The molecule has 0 radical (unpaired) electrons. The predicted octanol–water partition coefficient (Wildman–Crippen LogP) is 5.08. The molecular weight excluding hydrogens is 430 g/mol. The Hall–Kier alpha value is -3.91. The molecule has 5 aromatic rings. The number of hydrogen-bond acceptors (Lipinski definition) is 7. The second-order valence-corrected chi connectivity index (χ2v) is 8.66. The highest BCUT2D eigenvalue weighted by Crippen LogP contribution is 2.31. The van der Waals surface area contributed by atoms with Crippen molar-refractivity contribution in [2.75, 3.05) is 5.32 Å². The van der Waals surface area contributed by atoms with Crippen molar-refractivity contribution in [3.05, 3.63) is 95.0 Å². The third-order valence-corrected chi connectivity index (χ3v) is 6.38. The molecule has 8 heteroatoms. The fraction of sp³-hybridized carbons (Fsp3) is 0.160. The van der Waals surface area contributed by atoms with Gasteiger partial charge in [-0.1, -0.05) is 97.1 Å². The van der Waals surface area contributed by atoms with Crippen LogP contribution in [-0.4, -0.2) is 30.4 Å². The molecule has 1 N–H and O–H groups in total. The van der Waals surface area contributed by atoms with E-state index in [1.165, 1.54) is 5.56 Å². The topological polar surface area (TPSA) is 81.4 Å². The third kappa shape index (κ3) is 4.80. The number of rotatable bonds is 8. The van der Waals surface area contributed by atoms with Gasteiger partial charge in [-0.25, -0.2) is 4.68 Å². The van der Waals surface area contributed by atoms with Gasteiger partial charge in [-0.3, -0.25) is 0 Å². The molecule has 2 heterocycles. The number of nitrogens with zero attached hydrogens (tertiary/aromatic N) is 6. The highest BCUT2D eigenvalue weighted by Gasteiger charge is 2.14. The summed E-state index contributed by atoms with van der Waals surface area (Å²) < 4.78 is 1.85. The van der Waals surface area contributed by atoms with Crippen LogP contribution in [0, 0.1) is 0 Å². The average molecular weight is 454 g/mol. The fourth-order valence-electron chi connectivity index (χ4n) is 3.64. The van der Waals surface area contributed by atoms with Crippen LogP contribution in [0.3, 0.4) is 0 Å². The van der Waals surface area contributed by atoms with Gasteiger partial charge < -0.3 is 5.32 Å². The molecule has 0 atom stereocenters. The molecule has 0 aliphatic heterocycles. The van der Waals surface area contributed by atoms with Crippen molar-refractivity contribution < 1.29 is 0 Å². The lowest BCUT2D eigenvalue weighted by molar-refractivity contribution is 0.653. The van der Waals surface area contributed by atoms with E-state index in [2.05, 4.69) is 86.5 Å². The van der Waals surface area contributed by atoms with Gasteiger partial charge in [-0.15, -0.1) is 15.3 Å². The number of benzene rings is 3. The van der Waals surface area contributed by atoms with Crippen molar-refractivity contribution in [1.82, 2.24) is 30.4 Å². The summed E-state index contributed by atoms with van der Waals surface area (Å²) in [5.41, 5.74) is 5.55. The van der Waals surface area contributed by atoms with E-state index in [4.69, 9.17) is 0 Å². The van der Waals surface area contributed by atoms with E-state index in [9.17, 15) is 0 Å². The Morgan fingerprint density at radius 2 is 1.55 bits per heavy atom. The monoisotopic (exact) mass is 453 g/mol. The Labute approximate surface area is 196 Å². The van der Waals surface area contributed by atoms with E-state index in [-0.39, 0.29) is 0 Å². The molecule has 0 spiro atoms. The molecule has 0 fully saturated rings. The Kier molecular flexibility index (Phi) is 6.16. The Morgan fingerprint density at radius 1 is 0.788 bits per heavy atom. The number of hydrogen-bond donors (Lipinski definition) is 1. The first-order chi connectivity index (χ1) is 16.3. The minimum atomic E-state index is 0.619. The molecular formula is C25H23N7S. The quantitative estimate of drug-likeness (QED) is 0.353. The van der Waals surface area contributed by atoms with Crippen LogP contribution in [0.1, 0.15) is 23.1 Å². The van der Waals surface area contributed by atoms with E-state index in [1.807, 2.05) is 35.0 Å². The van der Waals surface area contributed by atoms with Gasteiger partial charge in [0.05, 0.1) is 6.54 Å². The Balaban J connectivity index is 1.37. The molecule has 164 valence electrons.